The van der Waals surface area contributed by atoms with E-state index in [4.69, 9.17) is 10.2 Å². The molecule has 0 aliphatic carbocycles. The SMILES string of the molecule is CCO.CCO.O[Si](c1ccccc1)(c1ccccc1)c1ccccc1.O[Si](c1ccccc1)(c1ccccc1)c1ccccc1.[Zr]. The van der Waals surface area contributed by atoms with Crippen molar-refractivity contribution in [2.45, 2.75) is 13.8 Å². The zero-order valence-electron chi connectivity index (χ0n) is 27.0. The van der Waals surface area contributed by atoms with Crippen molar-refractivity contribution in [3.05, 3.63) is 182 Å². The molecule has 4 N–H and O–H groups in total. The summed E-state index contributed by atoms with van der Waals surface area (Å²) < 4.78 is 0. The van der Waals surface area contributed by atoms with Crippen LogP contribution in [0.2, 0.25) is 0 Å². The molecule has 0 heterocycles. The van der Waals surface area contributed by atoms with E-state index in [-0.39, 0.29) is 39.4 Å². The van der Waals surface area contributed by atoms with Gasteiger partial charge in [-0.2, -0.15) is 0 Å². The monoisotopic (exact) mass is 734 g/mol. The van der Waals surface area contributed by atoms with Crippen LogP contribution in [-0.4, -0.2) is 49.7 Å². The maximum atomic E-state index is 11.6. The van der Waals surface area contributed by atoms with Gasteiger partial charge < -0.3 is 19.8 Å². The number of rotatable bonds is 6. The molecule has 0 unspecified atom stereocenters. The molecule has 6 aromatic rings. The van der Waals surface area contributed by atoms with Crippen LogP contribution in [0.3, 0.4) is 0 Å². The molecule has 6 rings (SSSR count). The van der Waals surface area contributed by atoms with E-state index >= 15 is 0 Å². The maximum absolute atomic E-state index is 11.6. The normalized spacial score (nSPS) is 10.3. The predicted octanol–water partition coefficient (Wildman–Crippen LogP) is 3.29. The Balaban J connectivity index is 0.000000275. The first-order chi connectivity index (χ1) is 22.5. The van der Waals surface area contributed by atoms with E-state index in [1.807, 2.05) is 182 Å². The molecule has 47 heavy (non-hydrogen) atoms. The van der Waals surface area contributed by atoms with E-state index in [9.17, 15) is 9.59 Å². The minimum Gasteiger partial charge on any atom is -0.421 e. The fraction of sp³-hybridized carbons (Fsp3) is 0.100. The third-order valence-corrected chi connectivity index (χ3v) is 14.2. The molecule has 0 fully saturated rings. The average molecular weight is 736 g/mol. The molecule has 0 bridgehead atoms. The number of hydrogen-bond donors (Lipinski definition) is 4. The van der Waals surface area contributed by atoms with Crippen LogP contribution in [0.4, 0.5) is 0 Å². The summed E-state index contributed by atoms with van der Waals surface area (Å²) in [5.41, 5.74) is 0. The van der Waals surface area contributed by atoms with Gasteiger partial charge in [0.05, 0.1) is 0 Å². The largest absolute Gasteiger partial charge is 0.421 e. The fourth-order valence-electron chi connectivity index (χ4n) is 5.08. The second-order valence-corrected chi connectivity index (χ2v) is 16.6. The van der Waals surface area contributed by atoms with Crippen LogP contribution in [-0.2, 0) is 26.2 Å². The number of hydrogen-bond acceptors (Lipinski definition) is 4. The Morgan fingerprint density at radius 3 is 0.532 bits per heavy atom. The Labute approximate surface area is 301 Å². The van der Waals surface area contributed by atoms with Crippen molar-refractivity contribution < 1.29 is 46.0 Å². The van der Waals surface area contributed by atoms with Crippen molar-refractivity contribution >= 4 is 47.8 Å². The zero-order chi connectivity index (χ0) is 33.1. The Bertz CT molecular complexity index is 1310. The molecule has 0 saturated heterocycles. The molecular weight excluding hydrogens is 692 g/mol. The summed E-state index contributed by atoms with van der Waals surface area (Å²) in [7, 11) is -5.76. The molecule has 0 amide bonds. The van der Waals surface area contributed by atoms with Gasteiger partial charge in [-0.05, 0) is 45.0 Å². The Hall–Kier alpha value is -3.52. The molecule has 0 aliphatic rings. The molecule has 240 valence electrons. The van der Waals surface area contributed by atoms with Crippen LogP contribution in [0.1, 0.15) is 13.8 Å². The first-order valence-corrected chi connectivity index (χ1v) is 19.4. The minimum absolute atomic E-state index is 0. The second kappa shape index (κ2) is 21.4. The van der Waals surface area contributed by atoms with Gasteiger partial charge in [-0.15, -0.1) is 0 Å². The van der Waals surface area contributed by atoms with E-state index in [0.29, 0.717) is 0 Å². The van der Waals surface area contributed by atoms with Crippen molar-refractivity contribution in [3.63, 3.8) is 0 Å². The van der Waals surface area contributed by atoms with Gasteiger partial charge in [0.15, 0.2) is 0 Å². The van der Waals surface area contributed by atoms with E-state index in [1.54, 1.807) is 13.8 Å². The molecule has 0 atom stereocenters. The van der Waals surface area contributed by atoms with Gasteiger partial charge in [-0.3, -0.25) is 0 Å². The number of aliphatic hydroxyl groups excluding tert-OH is 2. The Morgan fingerprint density at radius 1 is 0.319 bits per heavy atom. The van der Waals surface area contributed by atoms with Gasteiger partial charge >= 0.3 is 0 Å². The smallest absolute Gasteiger partial charge is 0.285 e. The average Bonchev–Trinajstić information content (AvgIpc) is 3.14. The van der Waals surface area contributed by atoms with E-state index in [0.717, 1.165) is 31.1 Å². The van der Waals surface area contributed by atoms with Crippen LogP contribution in [0.15, 0.2) is 182 Å². The number of benzene rings is 6. The molecule has 0 aromatic heterocycles. The summed E-state index contributed by atoms with van der Waals surface area (Å²) in [4.78, 5) is 23.1. The van der Waals surface area contributed by atoms with Crippen LogP contribution < -0.4 is 31.1 Å². The molecule has 6 aromatic carbocycles. The van der Waals surface area contributed by atoms with Crippen molar-refractivity contribution in [2.24, 2.45) is 0 Å². The summed E-state index contributed by atoms with van der Waals surface area (Å²) in [6.45, 7) is 3.86. The molecule has 7 heteroatoms. The van der Waals surface area contributed by atoms with Gasteiger partial charge in [0.25, 0.3) is 16.6 Å². The third-order valence-electron chi connectivity index (χ3n) is 7.15. The first kappa shape index (κ1) is 39.7. The Morgan fingerprint density at radius 2 is 0.426 bits per heavy atom. The molecule has 0 spiro atoms. The van der Waals surface area contributed by atoms with E-state index in [1.165, 1.54) is 0 Å². The maximum Gasteiger partial charge on any atom is 0.285 e. The second-order valence-electron chi connectivity index (χ2n) is 10.2. The number of aliphatic hydroxyl groups is 2. The van der Waals surface area contributed by atoms with Gasteiger partial charge in [-0.1, -0.05) is 182 Å². The molecule has 0 radical (unpaired) electrons. The zero-order valence-corrected chi connectivity index (χ0v) is 31.5. The fourth-order valence-corrected chi connectivity index (χ4v) is 11.1. The predicted molar refractivity (Wildman–Crippen MR) is 198 cm³/mol. The van der Waals surface area contributed by atoms with Crippen LogP contribution in [0, 0.1) is 0 Å². The van der Waals surface area contributed by atoms with Crippen LogP contribution >= 0.6 is 0 Å². The molecule has 4 nitrogen and oxygen atoms in total. The third kappa shape index (κ3) is 10.7. The standard InChI is InChI=1S/2C18H16OSi.2C2H6O.Zr/c2*19-20(16-10-4-1-5-11-16,17-12-6-2-7-13-17)18-14-8-3-9-15-18;2*1-2-3;/h2*1-15,19H;2*3H,2H2,1H3;. The van der Waals surface area contributed by atoms with E-state index in [2.05, 4.69) is 0 Å². The Kier molecular flexibility index (Phi) is 18.0. The summed E-state index contributed by atoms with van der Waals surface area (Å²) in [5, 5.41) is 21.2. The van der Waals surface area contributed by atoms with Crippen molar-refractivity contribution in [1.29, 1.82) is 0 Å². The summed E-state index contributed by atoms with van der Waals surface area (Å²) in [6, 6.07) is 59.9. The summed E-state index contributed by atoms with van der Waals surface area (Å²) in [5.74, 6) is 0. The summed E-state index contributed by atoms with van der Waals surface area (Å²) >= 11 is 0. The molecule has 0 aliphatic heterocycles. The van der Waals surface area contributed by atoms with Gasteiger partial charge in [0.2, 0.25) is 0 Å². The van der Waals surface area contributed by atoms with Crippen molar-refractivity contribution in [2.75, 3.05) is 13.2 Å². The summed E-state index contributed by atoms with van der Waals surface area (Å²) in [6.07, 6.45) is 0. The van der Waals surface area contributed by atoms with Crippen LogP contribution in [0.25, 0.3) is 0 Å². The van der Waals surface area contributed by atoms with Crippen molar-refractivity contribution in [1.82, 2.24) is 0 Å². The first-order valence-electron chi connectivity index (χ1n) is 15.5. The van der Waals surface area contributed by atoms with Crippen molar-refractivity contribution in [3.8, 4) is 0 Å². The topological polar surface area (TPSA) is 80.9 Å². The van der Waals surface area contributed by atoms with Gasteiger partial charge in [0.1, 0.15) is 0 Å². The molecular formula is C40H44O4Si2Zr. The molecule has 0 saturated carbocycles. The minimum atomic E-state index is -2.88. The quantitative estimate of drug-likeness (QED) is 0.157. The van der Waals surface area contributed by atoms with Gasteiger partial charge in [-0.25, -0.2) is 0 Å². The van der Waals surface area contributed by atoms with E-state index < -0.39 is 16.6 Å². The van der Waals surface area contributed by atoms with Gasteiger partial charge in [0, 0.05) is 39.4 Å². The van der Waals surface area contributed by atoms with Crippen LogP contribution in [0.5, 0.6) is 0 Å².